The van der Waals surface area contributed by atoms with Crippen LogP contribution in [0.3, 0.4) is 0 Å². The molecule has 1 aliphatic rings. The van der Waals surface area contributed by atoms with Crippen molar-refractivity contribution in [1.29, 1.82) is 0 Å². The summed E-state index contributed by atoms with van der Waals surface area (Å²) in [5.74, 6) is 3.79. The summed E-state index contributed by atoms with van der Waals surface area (Å²) in [7, 11) is 0. The first-order valence-electron chi connectivity index (χ1n) is 18.2. The maximum Gasteiger partial charge on any atom is 2.00 e. The van der Waals surface area contributed by atoms with E-state index in [9.17, 15) is 0 Å². The summed E-state index contributed by atoms with van der Waals surface area (Å²) in [6.45, 7) is 15.9. The fourth-order valence-electron chi connectivity index (χ4n) is 8.19. The fourth-order valence-corrected chi connectivity index (χ4v) is 8.19. The maximum atomic E-state index is 6.68. The molecule has 0 aliphatic heterocycles. The average Bonchev–Trinajstić information content (AvgIpc) is 3.62. The summed E-state index contributed by atoms with van der Waals surface area (Å²) in [6.07, 6.45) is 10.6. The number of hydrogen-bond donors (Lipinski definition) is 0. The van der Waals surface area contributed by atoms with Crippen molar-refractivity contribution in [2.45, 2.75) is 92.9 Å². The predicted octanol–water partition coefficient (Wildman–Crippen LogP) is 11.2. The Bertz CT molecular complexity index is 2170. The Morgan fingerprint density at radius 2 is 1.72 bits per heavy atom. The molecule has 0 fully saturated rings. The van der Waals surface area contributed by atoms with Crippen molar-refractivity contribution in [2.24, 2.45) is 11.8 Å². The topological polar surface area (TPSA) is 44.9 Å². The van der Waals surface area contributed by atoms with Crippen molar-refractivity contribution >= 4 is 21.8 Å². The van der Waals surface area contributed by atoms with Crippen LogP contribution in [0.1, 0.15) is 94.8 Å². The van der Waals surface area contributed by atoms with Gasteiger partial charge in [0.05, 0.1) is 5.69 Å². The number of unbranched alkanes of at least 4 members (excludes halogenated alkanes) is 1. The van der Waals surface area contributed by atoms with Crippen LogP contribution in [0.15, 0.2) is 78.5 Å². The van der Waals surface area contributed by atoms with Crippen LogP contribution in [0.25, 0.3) is 33.3 Å². The fraction of sp³-hybridized carbons (Fsp3) is 0.364. The molecule has 0 bridgehead atoms. The van der Waals surface area contributed by atoms with E-state index in [1.54, 1.807) is 0 Å². The molecule has 0 N–H and O–H groups in total. The van der Waals surface area contributed by atoms with Crippen molar-refractivity contribution in [3.8, 4) is 23.0 Å². The zero-order valence-corrected chi connectivity index (χ0v) is 32.7. The van der Waals surface area contributed by atoms with Gasteiger partial charge in [-0.2, -0.15) is 16.7 Å². The van der Waals surface area contributed by atoms with E-state index in [2.05, 4.69) is 124 Å². The number of allylic oxidation sites excluding steroid dienone is 2. The molecule has 1 unspecified atom stereocenters. The van der Waals surface area contributed by atoms with Crippen LogP contribution < -0.4 is 4.74 Å². The van der Waals surface area contributed by atoms with Gasteiger partial charge in [-0.05, 0) is 79.8 Å². The van der Waals surface area contributed by atoms with Gasteiger partial charge < -0.3 is 9.30 Å². The van der Waals surface area contributed by atoms with Gasteiger partial charge in [-0.1, -0.05) is 89.2 Å². The normalized spacial score (nSPS) is 17.6. The van der Waals surface area contributed by atoms with Crippen molar-refractivity contribution < 1.29 is 25.8 Å². The van der Waals surface area contributed by atoms with E-state index in [0.29, 0.717) is 29.3 Å². The number of rotatable bonds is 10. The second-order valence-corrected chi connectivity index (χ2v) is 14.1. The summed E-state index contributed by atoms with van der Waals surface area (Å²) >= 11 is 0. The van der Waals surface area contributed by atoms with Crippen LogP contribution in [-0.4, -0.2) is 19.3 Å². The molecule has 0 spiro atoms. The van der Waals surface area contributed by atoms with Crippen molar-refractivity contribution in [1.82, 2.24) is 19.3 Å². The standard InChI is InChI=1S/C44H48N4O.Pt/c1-8-11-14-32-24-33(48-39(10-3)44(38(9-2)46-48)43-30(6)21-29(5)22-31(43)7)26-35(25-32)49-34-17-18-37-36-15-12-13-16-40(36)47(41(37)27-34)42-23-28(4)19-20-45-42;/h12-13,15-21,23-25,29,31,43H,8-11,14,22H2,1-7H3;/q-2;+2/t29-,31-,43?;/m0./s1. The Hall–Kier alpha value is -3.95. The smallest absolute Gasteiger partial charge is 0.509 e. The van der Waals surface area contributed by atoms with Crippen LogP contribution in [-0.2, 0) is 40.3 Å². The molecule has 6 aromatic rings. The second kappa shape index (κ2) is 15.1. The number of nitrogens with zero attached hydrogens (tertiary/aromatic N) is 4. The molecule has 7 rings (SSSR count). The van der Waals surface area contributed by atoms with E-state index in [1.165, 1.54) is 39.9 Å². The molecule has 260 valence electrons. The van der Waals surface area contributed by atoms with Gasteiger partial charge in [0, 0.05) is 40.4 Å². The van der Waals surface area contributed by atoms with E-state index in [1.807, 2.05) is 18.3 Å². The SMILES string of the molecule is CCCCc1cc(Oc2[c-]c3c(cc2)c2ccccc2n3-c2cc(C)ccn2)[c-]c(-n2nc(CC)c(C3C(C)=C[C@H](C)C[C@@H]3C)c2CC)c1.[Pt+2]. The van der Waals surface area contributed by atoms with Gasteiger partial charge >= 0.3 is 21.1 Å². The van der Waals surface area contributed by atoms with Crippen LogP contribution in [0.4, 0.5) is 0 Å². The first kappa shape index (κ1) is 35.9. The summed E-state index contributed by atoms with van der Waals surface area (Å²) in [6, 6.07) is 28.5. The second-order valence-electron chi connectivity index (χ2n) is 14.1. The number of aromatic nitrogens is 4. The van der Waals surface area contributed by atoms with E-state index in [0.717, 1.165) is 65.6 Å². The maximum absolute atomic E-state index is 6.68. The van der Waals surface area contributed by atoms with Crippen LogP contribution in [0, 0.1) is 30.9 Å². The quantitative estimate of drug-likeness (QED) is 0.102. The van der Waals surface area contributed by atoms with Gasteiger partial charge in [-0.15, -0.1) is 35.7 Å². The zero-order valence-electron chi connectivity index (χ0n) is 30.4. The molecular weight excluding hydrogens is 796 g/mol. The molecule has 3 aromatic heterocycles. The molecule has 5 nitrogen and oxygen atoms in total. The Kier molecular flexibility index (Phi) is 10.8. The summed E-state index contributed by atoms with van der Waals surface area (Å²) in [5.41, 5.74) is 10.8. The van der Waals surface area contributed by atoms with Gasteiger partial charge in [0.2, 0.25) is 0 Å². The number of pyridine rings is 1. The number of hydrogen-bond acceptors (Lipinski definition) is 3. The van der Waals surface area contributed by atoms with E-state index in [-0.39, 0.29) is 21.1 Å². The molecule has 3 atom stereocenters. The predicted molar refractivity (Wildman–Crippen MR) is 201 cm³/mol. The van der Waals surface area contributed by atoms with Gasteiger partial charge in [-0.25, -0.2) is 4.98 Å². The zero-order chi connectivity index (χ0) is 34.2. The minimum Gasteiger partial charge on any atom is -0.509 e. The molecule has 50 heavy (non-hydrogen) atoms. The Morgan fingerprint density at radius 1 is 0.900 bits per heavy atom. The summed E-state index contributed by atoms with van der Waals surface area (Å²) in [5, 5.41) is 7.59. The van der Waals surface area contributed by atoms with Crippen LogP contribution >= 0.6 is 0 Å². The Morgan fingerprint density at radius 3 is 2.46 bits per heavy atom. The first-order chi connectivity index (χ1) is 23.8. The molecule has 0 amide bonds. The number of benzene rings is 3. The number of fused-ring (bicyclic) bond motifs is 3. The molecule has 3 heterocycles. The number of ether oxygens (including phenoxy) is 1. The van der Waals surface area contributed by atoms with Crippen molar-refractivity contribution in [3.05, 3.63) is 119 Å². The number of para-hydroxylation sites is 1. The monoisotopic (exact) mass is 843 g/mol. The molecule has 1 aliphatic carbocycles. The van der Waals surface area contributed by atoms with E-state index < -0.39 is 0 Å². The molecular formula is C44H48N4OPt. The minimum absolute atomic E-state index is 0. The van der Waals surface area contributed by atoms with Gasteiger partial charge in [0.25, 0.3) is 0 Å². The molecule has 6 heteroatoms. The third-order valence-corrected chi connectivity index (χ3v) is 10.3. The van der Waals surface area contributed by atoms with Gasteiger partial charge in [-0.3, -0.25) is 4.68 Å². The summed E-state index contributed by atoms with van der Waals surface area (Å²) < 4.78 is 11.0. The average molecular weight is 844 g/mol. The Balaban J connectivity index is 0.00000432. The third kappa shape index (κ3) is 6.74. The van der Waals surface area contributed by atoms with Crippen molar-refractivity contribution in [3.63, 3.8) is 0 Å². The first-order valence-corrected chi connectivity index (χ1v) is 18.2. The van der Waals surface area contributed by atoms with Crippen LogP contribution in [0.2, 0.25) is 0 Å². The van der Waals surface area contributed by atoms with Crippen LogP contribution in [0.5, 0.6) is 11.5 Å². The number of aryl methyl sites for hydroxylation is 3. The summed E-state index contributed by atoms with van der Waals surface area (Å²) in [4.78, 5) is 4.74. The van der Waals surface area contributed by atoms with Crippen molar-refractivity contribution in [2.75, 3.05) is 0 Å². The van der Waals surface area contributed by atoms with Gasteiger partial charge in [0.15, 0.2) is 0 Å². The third-order valence-electron chi connectivity index (χ3n) is 10.3. The largest absolute Gasteiger partial charge is 2.00 e. The van der Waals surface area contributed by atoms with Gasteiger partial charge in [0.1, 0.15) is 5.82 Å². The minimum atomic E-state index is 0. The molecule has 3 aromatic carbocycles. The van der Waals surface area contributed by atoms with E-state index in [4.69, 9.17) is 14.8 Å². The molecule has 0 saturated heterocycles. The molecule has 0 saturated carbocycles. The Labute approximate surface area is 312 Å². The molecule has 0 radical (unpaired) electrons. The van der Waals surface area contributed by atoms with E-state index >= 15 is 0 Å².